The van der Waals surface area contributed by atoms with Crippen LogP contribution in [0, 0.1) is 11.3 Å². The SMILES string of the molecule is CSCCCCCNC(=O)N1C[C@@H]2CCC[C@@]2(C(=O)O)C1. The van der Waals surface area contributed by atoms with E-state index in [1.54, 1.807) is 4.90 Å². The minimum Gasteiger partial charge on any atom is -0.481 e. The second-order valence-electron chi connectivity index (χ2n) is 6.22. The number of rotatable bonds is 7. The molecule has 1 aliphatic heterocycles. The number of hydrogen-bond donors (Lipinski definition) is 2. The van der Waals surface area contributed by atoms with Gasteiger partial charge in [0.25, 0.3) is 0 Å². The predicted octanol–water partition coefficient (Wildman–Crippen LogP) is 2.42. The summed E-state index contributed by atoms with van der Waals surface area (Å²) >= 11 is 1.85. The molecule has 0 aromatic rings. The molecule has 0 unspecified atom stereocenters. The van der Waals surface area contributed by atoms with Crippen molar-refractivity contribution < 1.29 is 14.7 Å². The number of nitrogens with one attached hydrogen (secondary N) is 1. The number of hydrogen-bond acceptors (Lipinski definition) is 3. The Balaban J connectivity index is 1.74. The number of carbonyl (C=O) groups is 2. The van der Waals surface area contributed by atoms with Gasteiger partial charge in [0.05, 0.1) is 5.41 Å². The normalized spacial score (nSPS) is 27.7. The number of carboxylic acids is 1. The molecule has 0 bridgehead atoms. The third-order valence-corrected chi connectivity index (χ3v) is 5.58. The van der Waals surface area contributed by atoms with Gasteiger partial charge in [0, 0.05) is 19.6 Å². The Labute approximate surface area is 130 Å². The Hall–Kier alpha value is -0.910. The first-order valence-corrected chi connectivity index (χ1v) is 9.24. The van der Waals surface area contributed by atoms with E-state index in [0.29, 0.717) is 26.1 Å². The van der Waals surface area contributed by atoms with Gasteiger partial charge in [-0.1, -0.05) is 12.8 Å². The second-order valence-corrected chi connectivity index (χ2v) is 7.20. The molecule has 2 atom stereocenters. The van der Waals surface area contributed by atoms with E-state index in [1.807, 2.05) is 11.8 Å². The number of unbranched alkanes of at least 4 members (excludes halogenated alkanes) is 2. The van der Waals surface area contributed by atoms with Crippen LogP contribution in [0.3, 0.4) is 0 Å². The number of fused-ring (bicyclic) bond motifs is 1. The molecule has 0 radical (unpaired) electrons. The van der Waals surface area contributed by atoms with Crippen molar-refractivity contribution in [3.05, 3.63) is 0 Å². The van der Waals surface area contributed by atoms with Gasteiger partial charge >= 0.3 is 12.0 Å². The van der Waals surface area contributed by atoms with Crippen LogP contribution in [0.1, 0.15) is 38.5 Å². The summed E-state index contributed by atoms with van der Waals surface area (Å²) in [6.45, 7) is 1.67. The van der Waals surface area contributed by atoms with Gasteiger partial charge in [0.2, 0.25) is 0 Å². The molecule has 5 nitrogen and oxygen atoms in total. The summed E-state index contributed by atoms with van der Waals surface area (Å²) in [6, 6.07) is -0.0881. The number of carboxylic acid groups (broad SMARTS) is 1. The van der Waals surface area contributed by atoms with Crippen molar-refractivity contribution in [3.8, 4) is 0 Å². The van der Waals surface area contributed by atoms with Crippen LogP contribution in [0.25, 0.3) is 0 Å². The van der Waals surface area contributed by atoms with Gasteiger partial charge in [0.15, 0.2) is 0 Å². The van der Waals surface area contributed by atoms with Crippen LogP contribution in [-0.4, -0.2) is 53.6 Å². The molecule has 2 rings (SSSR count). The second kappa shape index (κ2) is 7.38. The fourth-order valence-electron chi connectivity index (χ4n) is 3.65. The molecule has 2 amide bonds. The standard InChI is InChI=1S/C15H26N2O3S/c1-21-9-4-2-3-8-16-14(20)17-10-12-6-5-7-15(12,11-17)13(18)19/h12H,2-11H2,1H3,(H,16,20)(H,18,19)/t12-,15+/m0/s1. The van der Waals surface area contributed by atoms with Crippen molar-refractivity contribution in [1.29, 1.82) is 0 Å². The Bertz CT molecular complexity index is 391. The van der Waals surface area contributed by atoms with E-state index in [1.165, 1.54) is 12.2 Å². The van der Waals surface area contributed by atoms with Gasteiger partial charge in [0.1, 0.15) is 0 Å². The zero-order chi connectivity index (χ0) is 15.3. The molecule has 0 aromatic heterocycles. The van der Waals surface area contributed by atoms with Crippen LogP contribution in [0.15, 0.2) is 0 Å². The van der Waals surface area contributed by atoms with Crippen LogP contribution < -0.4 is 5.32 Å². The van der Waals surface area contributed by atoms with Crippen LogP contribution in [0.4, 0.5) is 4.79 Å². The van der Waals surface area contributed by atoms with E-state index in [9.17, 15) is 14.7 Å². The van der Waals surface area contributed by atoms with Gasteiger partial charge in [-0.3, -0.25) is 4.79 Å². The molecule has 1 aliphatic carbocycles. The largest absolute Gasteiger partial charge is 0.481 e. The molecule has 2 aliphatic rings. The molecule has 0 aromatic carbocycles. The summed E-state index contributed by atoms with van der Waals surface area (Å²) in [5, 5.41) is 12.4. The summed E-state index contributed by atoms with van der Waals surface area (Å²) in [5.74, 6) is 0.586. The third-order valence-electron chi connectivity index (χ3n) is 4.89. The van der Waals surface area contributed by atoms with E-state index in [4.69, 9.17) is 0 Å². The lowest BCUT2D eigenvalue weighted by Crippen LogP contribution is -2.41. The quantitative estimate of drug-likeness (QED) is 0.708. The maximum Gasteiger partial charge on any atom is 0.317 e. The highest BCUT2D eigenvalue weighted by atomic mass is 32.2. The average Bonchev–Trinajstić information content (AvgIpc) is 3.00. The molecule has 1 saturated heterocycles. The lowest BCUT2D eigenvalue weighted by Gasteiger charge is -2.23. The number of urea groups is 1. The summed E-state index contributed by atoms with van der Waals surface area (Å²) in [7, 11) is 0. The first-order chi connectivity index (χ1) is 10.1. The van der Waals surface area contributed by atoms with E-state index >= 15 is 0 Å². The van der Waals surface area contributed by atoms with Crippen molar-refractivity contribution in [2.75, 3.05) is 31.6 Å². The van der Waals surface area contributed by atoms with Gasteiger partial charge in [-0.25, -0.2) is 4.79 Å². The Morgan fingerprint density at radius 2 is 2.19 bits per heavy atom. The molecule has 6 heteroatoms. The summed E-state index contributed by atoms with van der Waals surface area (Å²) in [5.41, 5.74) is -0.671. The maximum atomic E-state index is 12.1. The molecular formula is C15H26N2O3S. The highest BCUT2D eigenvalue weighted by molar-refractivity contribution is 7.98. The van der Waals surface area contributed by atoms with Crippen LogP contribution in [-0.2, 0) is 4.79 Å². The maximum absolute atomic E-state index is 12.1. The summed E-state index contributed by atoms with van der Waals surface area (Å²) in [4.78, 5) is 25.4. The third kappa shape index (κ3) is 3.65. The monoisotopic (exact) mass is 314 g/mol. The van der Waals surface area contributed by atoms with E-state index in [0.717, 1.165) is 25.7 Å². The number of carbonyl (C=O) groups excluding carboxylic acids is 1. The molecular weight excluding hydrogens is 288 g/mol. The van der Waals surface area contributed by atoms with E-state index < -0.39 is 11.4 Å². The summed E-state index contributed by atoms with van der Waals surface area (Å²) < 4.78 is 0. The van der Waals surface area contributed by atoms with Crippen molar-refractivity contribution in [3.63, 3.8) is 0 Å². The van der Waals surface area contributed by atoms with Gasteiger partial charge in [-0.05, 0) is 43.6 Å². The smallest absolute Gasteiger partial charge is 0.317 e. The fraction of sp³-hybridized carbons (Fsp3) is 0.867. The molecule has 2 N–H and O–H groups in total. The van der Waals surface area contributed by atoms with Gasteiger partial charge < -0.3 is 15.3 Å². The van der Waals surface area contributed by atoms with Crippen molar-refractivity contribution >= 4 is 23.8 Å². The van der Waals surface area contributed by atoms with Gasteiger partial charge in [-0.2, -0.15) is 11.8 Å². The molecule has 1 saturated carbocycles. The summed E-state index contributed by atoms with van der Waals surface area (Å²) in [6.07, 6.45) is 8.03. The number of amides is 2. The minimum atomic E-state index is -0.725. The predicted molar refractivity (Wildman–Crippen MR) is 84.6 cm³/mol. The van der Waals surface area contributed by atoms with E-state index in [2.05, 4.69) is 11.6 Å². The average molecular weight is 314 g/mol. The molecule has 0 spiro atoms. The zero-order valence-electron chi connectivity index (χ0n) is 12.8. The molecule has 1 heterocycles. The minimum absolute atomic E-state index is 0.0881. The lowest BCUT2D eigenvalue weighted by atomic mass is 9.81. The first-order valence-electron chi connectivity index (χ1n) is 7.85. The number of likely N-dealkylation sites (tertiary alicyclic amines) is 1. The number of thioether (sulfide) groups is 1. The lowest BCUT2D eigenvalue weighted by molar-refractivity contribution is -0.149. The van der Waals surface area contributed by atoms with Crippen LogP contribution in [0.2, 0.25) is 0 Å². The van der Waals surface area contributed by atoms with Crippen molar-refractivity contribution in [2.24, 2.45) is 11.3 Å². The molecule has 120 valence electrons. The first kappa shape index (κ1) is 16.5. The fourth-order valence-corrected chi connectivity index (χ4v) is 4.14. The van der Waals surface area contributed by atoms with Crippen LogP contribution in [0.5, 0.6) is 0 Å². The number of aliphatic carboxylic acids is 1. The Kier molecular flexibility index (Phi) is 5.79. The molecule has 2 fully saturated rings. The Morgan fingerprint density at radius 1 is 1.38 bits per heavy atom. The topological polar surface area (TPSA) is 69.6 Å². The van der Waals surface area contributed by atoms with Crippen molar-refractivity contribution in [2.45, 2.75) is 38.5 Å². The Morgan fingerprint density at radius 3 is 2.86 bits per heavy atom. The van der Waals surface area contributed by atoms with Gasteiger partial charge in [-0.15, -0.1) is 0 Å². The van der Waals surface area contributed by atoms with Crippen molar-refractivity contribution in [1.82, 2.24) is 10.2 Å². The van der Waals surface area contributed by atoms with Crippen LogP contribution >= 0.6 is 11.8 Å². The number of nitrogens with zero attached hydrogens (tertiary/aromatic N) is 1. The molecule has 21 heavy (non-hydrogen) atoms. The zero-order valence-corrected chi connectivity index (χ0v) is 13.6. The highest BCUT2D eigenvalue weighted by Crippen LogP contribution is 2.48. The van der Waals surface area contributed by atoms with E-state index in [-0.39, 0.29) is 11.9 Å². The highest BCUT2D eigenvalue weighted by Gasteiger charge is 2.55.